The van der Waals surface area contributed by atoms with Crippen LogP contribution in [0.5, 0.6) is 0 Å². The number of benzene rings is 2. The van der Waals surface area contributed by atoms with Gasteiger partial charge in [0.2, 0.25) is 0 Å². The van der Waals surface area contributed by atoms with Crippen LogP contribution in [0.1, 0.15) is 23.6 Å². The standard InChI is InChI=1S/C24H26F3N3O/c1-28-11-10-22(21(27)15-28)29(2)24(31)30-14-17(19-13-18(25)8-9-20(19)26)12-23(30)16-6-4-3-5-7-16/h3-9,12-13,21-23H,10-11,14-15H2,1-2H3/t21?,22-,23+/m1/s1. The fourth-order valence-electron chi connectivity index (χ4n) is 4.47. The summed E-state index contributed by atoms with van der Waals surface area (Å²) in [6.45, 7) is 1.11. The van der Waals surface area contributed by atoms with Crippen LogP contribution in [0.3, 0.4) is 0 Å². The summed E-state index contributed by atoms with van der Waals surface area (Å²) in [5, 5.41) is 0. The van der Waals surface area contributed by atoms with Gasteiger partial charge in [-0.1, -0.05) is 36.4 Å². The molecule has 2 amide bonds. The first-order valence-electron chi connectivity index (χ1n) is 10.4. The molecule has 1 fully saturated rings. The normalized spacial score (nSPS) is 24.2. The third-order valence-electron chi connectivity index (χ3n) is 6.21. The Bertz CT molecular complexity index is 981. The second kappa shape index (κ2) is 8.75. The van der Waals surface area contributed by atoms with Gasteiger partial charge in [-0.3, -0.25) is 0 Å². The molecule has 2 aromatic rings. The van der Waals surface area contributed by atoms with Crippen molar-refractivity contribution in [3.63, 3.8) is 0 Å². The molecule has 4 nitrogen and oxygen atoms in total. The summed E-state index contributed by atoms with van der Waals surface area (Å²) < 4.78 is 42.9. The second-order valence-corrected chi connectivity index (χ2v) is 8.33. The van der Waals surface area contributed by atoms with Crippen LogP contribution in [0.25, 0.3) is 5.57 Å². The average Bonchev–Trinajstić information content (AvgIpc) is 3.20. The van der Waals surface area contributed by atoms with E-state index in [-0.39, 0.29) is 24.7 Å². The van der Waals surface area contributed by atoms with E-state index in [0.717, 1.165) is 23.8 Å². The first-order valence-corrected chi connectivity index (χ1v) is 10.4. The summed E-state index contributed by atoms with van der Waals surface area (Å²) in [6.07, 6.45) is 1.20. The van der Waals surface area contributed by atoms with Gasteiger partial charge >= 0.3 is 6.03 Å². The van der Waals surface area contributed by atoms with Gasteiger partial charge in [0.1, 0.15) is 17.8 Å². The number of hydrogen-bond acceptors (Lipinski definition) is 2. The summed E-state index contributed by atoms with van der Waals surface area (Å²) in [4.78, 5) is 18.4. The van der Waals surface area contributed by atoms with E-state index >= 15 is 0 Å². The Morgan fingerprint density at radius 1 is 1.13 bits per heavy atom. The van der Waals surface area contributed by atoms with Crippen molar-refractivity contribution in [3.8, 4) is 0 Å². The molecule has 0 N–H and O–H groups in total. The van der Waals surface area contributed by atoms with E-state index in [1.807, 2.05) is 42.3 Å². The van der Waals surface area contributed by atoms with Crippen LogP contribution in [-0.4, -0.2) is 66.7 Å². The van der Waals surface area contributed by atoms with Crippen LogP contribution < -0.4 is 0 Å². The first-order chi connectivity index (χ1) is 14.8. The summed E-state index contributed by atoms with van der Waals surface area (Å²) in [7, 11) is 3.48. The predicted octanol–water partition coefficient (Wildman–Crippen LogP) is 4.50. The Hall–Kier alpha value is -2.80. The van der Waals surface area contributed by atoms with E-state index in [2.05, 4.69) is 0 Å². The summed E-state index contributed by atoms with van der Waals surface area (Å²) >= 11 is 0. The molecule has 0 radical (unpaired) electrons. The van der Waals surface area contributed by atoms with Gasteiger partial charge in [-0.2, -0.15) is 0 Å². The van der Waals surface area contributed by atoms with Crippen molar-refractivity contribution in [2.45, 2.75) is 24.7 Å². The van der Waals surface area contributed by atoms with Crippen LogP contribution in [0.15, 0.2) is 54.6 Å². The van der Waals surface area contributed by atoms with Gasteiger partial charge in [-0.05, 0) is 42.8 Å². The van der Waals surface area contributed by atoms with Crippen LogP contribution in [-0.2, 0) is 0 Å². The molecular weight excluding hydrogens is 403 g/mol. The molecule has 2 aromatic carbocycles. The maximum atomic E-state index is 14.7. The van der Waals surface area contributed by atoms with Crippen molar-refractivity contribution >= 4 is 11.6 Å². The number of carbonyl (C=O) groups is 1. The Morgan fingerprint density at radius 3 is 2.58 bits per heavy atom. The molecule has 1 unspecified atom stereocenters. The SMILES string of the molecule is CN1CC[C@@H](N(C)C(=O)N2CC(c3cc(F)ccc3F)=C[C@H]2c2ccccc2)C(F)C1. The number of likely N-dealkylation sites (tertiary alicyclic amines) is 1. The predicted molar refractivity (Wildman–Crippen MR) is 114 cm³/mol. The molecule has 7 heteroatoms. The topological polar surface area (TPSA) is 26.8 Å². The van der Waals surface area contributed by atoms with Crippen LogP contribution in [0.4, 0.5) is 18.0 Å². The largest absolute Gasteiger partial charge is 0.322 e. The fourth-order valence-corrected chi connectivity index (χ4v) is 4.47. The smallest absolute Gasteiger partial charge is 0.321 e. The Morgan fingerprint density at radius 2 is 1.87 bits per heavy atom. The number of piperidine rings is 1. The highest BCUT2D eigenvalue weighted by atomic mass is 19.1. The quantitative estimate of drug-likeness (QED) is 0.718. The lowest BCUT2D eigenvalue weighted by Gasteiger charge is -2.40. The molecule has 31 heavy (non-hydrogen) atoms. The number of nitrogens with zero attached hydrogens (tertiary/aromatic N) is 3. The van der Waals surface area contributed by atoms with Crippen molar-refractivity contribution in [1.82, 2.24) is 14.7 Å². The molecule has 1 saturated heterocycles. The lowest BCUT2D eigenvalue weighted by atomic mass is 10.0. The molecule has 2 aliphatic rings. The lowest BCUT2D eigenvalue weighted by molar-refractivity contribution is 0.0601. The van der Waals surface area contributed by atoms with Crippen molar-refractivity contribution in [2.24, 2.45) is 0 Å². The first kappa shape index (κ1) is 21.4. The molecule has 0 saturated carbocycles. The number of hydrogen-bond donors (Lipinski definition) is 0. The van der Waals surface area contributed by atoms with Crippen molar-refractivity contribution < 1.29 is 18.0 Å². The highest BCUT2D eigenvalue weighted by Crippen LogP contribution is 2.37. The third kappa shape index (κ3) is 4.32. The van der Waals surface area contributed by atoms with Gasteiger partial charge < -0.3 is 14.7 Å². The average molecular weight is 429 g/mol. The molecule has 0 aromatic heterocycles. The molecule has 4 rings (SSSR count). The minimum Gasteiger partial charge on any atom is -0.322 e. The second-order valence-electron chi connectivity index (χ2n) is 8.33. The fraction of sp³-hybridized carbons (Fsp3) is 0.375. The van der Waals surface area contributed by atoms with Crippen LogP contribution in [0.2, 0.25) is 0 Å². The molecule has 0 aliphatic carbocycles. The number of carbonyl (C=O) groups excluding carboxylic acids is 1. The molecule has 3 atom stereocenters. The summed E-state index contributed by atoms with van der Waals surface area (Å²) in [5.74, 6) is -1.08. The summed E-state index contributed by atoms with van der Waals surface area (Å²) in [5.41, 5.74) is 1.53. The minimum absolute atomic E-state index is 0.118. The van der Waals surface area contributed by atoms with Crippen molar-refractivity contribution in [2.75, 3.05) is 33.7 Å². The van der Waals surface area contributed by atoms with E-state index in [1.54, 1.807) is 18.0 Å². The molecule has 2 heterocycles. The highest BCUT2D eigenvalue weighted by molar-refractivity contribution is 5.82. The maximum absolute atomic E-state index is 14.7. The van der Waals surface area contributed by atoms with Crippen molar-refractivity contribution in [1.29, 1.82) is 0 Å². The van der Waals surface area contributed by atoms with E-state index in [4.69, 9.17) is 0 Å². The van der Waals surface area contributed by atoms with Gasteiger partial charge in [0.05, 0.1) is 12.1 Å². The third-order valence-corrected chi connectivity index (χ3v) is 6.21. The zero-order valence-corrected chi connectivity index (χ0v) is 17.6. The van der Waals surface area contributed by atoms with Crippen LogP contribution in [0, 0.1) is 11.6 Å². The number of alkyl halides is 1. The number of halogens is 3. The zero-order valence-electron chi connectivity index (χ0n) is 17.6. The number of amides is 2. The van der Waals surface area contributed by atoms with E-state index < -0.39 is 29.9 Å². The molecule has 0 bridgehead atoms. The van der Waals surface area contributed by atoms with Gasteiger partial charge in [0.15, 0.2) is 0 Å². The summed E-state index contributed by atoms with van der Waals surface area (Å²) in [6, 6.07) is 11.4. The van der Waals surface area contributed by atoms with E-state index in [0.29, 0.717) is 18.5 Å². The highest BCUT2D eigenvalue weighted by Gasteiger charge is 2.38. The minimum atomic E-state index is -1.14. The van der Waals surface area contributed by atoms with E-state index in [9.17, 15) is 18.0 Å². The molecular formula is C24H26F3N3O. The van der Waals surface area contributed by atoms with Gasteiger partial charge in [-0.25, -0.2) is 18.0 Å². The van der Waals surface area contributed by atoms with Gasteiger partial charge in [-0.15, -0.1) is 0 Å². The van der Waals surface area contributed by atoms with Gasteiger partial charge in [0, 0.05) is 32.2 Å². The Balaban J connectivity index is 1.64. The Kier molecular flexibility index (Phi) is 6.05. The maximum Gasteiger partial charge on any atom is 0.321 e. The molecule has 164 valence electrons. The lowest BCUT2D eigenvalue weighted by Crippen LogP contribution is -2.54. The molecule has 0 spiro atoms. The Labute approximate surface area is 180 Å². The van der Waals surface area contributed by atoms with Crippen LogP contribution >= 0.6 is 0 Å². The van der Waals surface area contributed by atoms with E-state index in [1.165, 1.54) is 4.90 Å². The number of rotatable bonds is 3. The molecule has 2 aliphatic heterocycles. The van der Waals surface area contributed by atoms with Gasteiger partial charge in [0.25, 0.3) is 0 Å². The number of urea groups is 1. The van der Waals surface area contributed by atoms with Crippen molar-refractivity contribution in [3.05, 3.63) is 77.4 Å². The zero-order chi connectivity index (χ0) is 22.1. The monoisotopic (exact) mass is 429 g/mol.